The zero-order valence-electron chi connectivity index (χ0n) is 17.2. The summed E-state index contributed by atoms with van der Waals surface area (Å²) in [7, 11) is -0.659. The Labute approximate surface area is 185 Å². The second-order valence-corrected chi connectivity index (χ2v) is 9.73. The van der Waals surface area contributed by atoms with Gasteiger partial charge in [0.05, 0.1) is 0 Å². The quantitative estimate of drug-likeness (QED) is 0.278. The largest absolute Gasteiger partial charge is 0.0622 e. The zero-order valence-corrected chi connectivity index (χ0v) is 18.1. The van der Waals surface area contributed by atoms with E-state index in [4.69, 9.17) is 0 Å². The zero-order chi connectivity index (χ0) is 20.9. The third-order valence-corrected chi connectivity index (χ3v) is 7.82. The van der Waals surface area contributed by atoms with Gasteiger partial charge in [-0.05, 0) is 64.3 Å². The van der Waals surface area contributed by atoms with E-state index in [2.05, 4.69) is 140 Å². The van der Waals surface area contributed by atoms with Crippen LogP contribution in [0, 0.1) is 0 Å². The van der Waals surface area contributed by atoms with Crippen molar-refractivity contribution in [2.75, 3.05) is 0 Å². The molecule has 0 bridgehead atoms. The van der Waals surface area contributed by atoms with E-state index in [0.29, 0.717) is 0 Å². The molecule has 0 aliphatic rings. The minimum atomic E-state index is -0.659. The topological polar surface area (TPSA) is 0 Å². The average Bonchev–Trinajstić information content (AvgIpc) is 2.86. The van der Waals surface area contributed by atoms with Crippen LogP contribution in [0.1, 0.15) is 0 Å². The lowest BCUT2D eigenvalue weighted by Crippen LogP contribution is -2.20. The predicted octanol–water partition coefficient (Wildman–Crippen LogP) is 6.78. The summed E-state index contributed by atoms with van der Waals surface area (Å²) in [5.74, 6) is 0. The van der Waals surface area contributed by atoms with Crippen molar-refractivity contribution in [3.05, 3.63) is 140 Å². The Morgan fingerprint density at radius 3 is 1.03 bits per heavy atom. The summed E-state index contributed by atoms with van der Waals surface area (Å²) in [5, 5.41) is 4.11. The summed E-state index contributed by atoms with van der Waals surface area (Å²) in [6, 6.07) is 50.3. The molecule has 0 aromatic heterocycles. The molecule has 5 aromatic carbocycles. The number of rotatable bonds is 5. The molecule has 5 aromatic rings. The fraction of sp³-hybridized carbons (Fsp3) is 0. The molecule has 148 valence electrons. The first kappa shape index (κ1) is 19.5. The van der Waals surface area contributed by atoms with Gasteiger partial charge in [-0.15, -0.1) is 0 Å². The lowest BCUT2D eigenvalue weighted by molar-refractivity contribution is 1.60. The molecule has 0 saturated carbocycles. The van der Waals surface area contributed by atoms with Gasteiger partial charge >= 0.3 is 0 Å². The van der Waals surface area contributed by atoms with E-state index in [1.165, 1.54) is 38.2 Å². The van der Waals surface area contributed by atoms with Gasteiger partial charge in [-0.1, -0.05) is 121 Å². The van der Waals surface area contributed by atoms with Gasteiger partial charge in [0.15, 0.2) is 0 Å². The second kappa shape index (κ2) is 9.13. The molecular weight excluding hydrogens is 391 g/mol. The molecule has 0 spiro atoms. The van der Waals surface area contributed by atoms with Crippen molar-refractivity contribution >= 4 is 23.8 Å². The smallest absolute Gasteiger partial charge is 0.0134 e. The summed E-state index contributed by atoms with van der Waals surface area (Å²) in [5.41, 5.74) is 5.02. The van der Waals surface area contributed by atoms with Crippen LogP contribution >= 0.6 is 7.92 Å². The first-order valence-electron chi connectivity index (χ1n) is 10.5. The van der Waals surface area contributed by atoms with Crippen LogP contribution in [0.4, 0.5) is 0 Å². The summed E-state index contributed by atoms with van der Waals surface area (Å²) >= 11 is 0. The molecule has 0 saturated heterocycles. The van der Waals surface area contributed by atoms with E-state index in [0.717, 1.165) is 0 Å². The molecule has 5 rings (SSSR count). The van der Waals surface area contributed by atoms with Gasteiger partial charge in [-0.25, -0.2) is 0 Å². The fourth-order valence-corrected chi connectivity index (χ4v) is 6.31. The van der Waals surface area contributed by atoms with Crippen LogP contribution in [0.5, 0.6) is 0 Å². The molecule has 0 aliphatic heterocycles. The van der Waals surface area contributed by atoms with Crippen LogP contribution in [0.3, 0.4) is 0 Å². The Morgan fingerprint density at radius 1 is 0.290 bits per heavy atom. The van der Waals surface area contributed by atoms with Gasteiger partial charge in [0.25, 0.3) is 0 Å². The Balaban J connectivity index is 1.74. The van der Waals surface area contributed by atoms with E-state index in [1.54, 1.807) is 0 Å². The summed E-state index contributed by atoms with van der Waals surface area (Å²) in [6.07, 6.45) is 0. The third kappa shape index (κ3) is 4.36. The first-order valence-corrected chi connectivity index (χ1v) is 11.9. The second-order valence-electron chi connectivity index (χ2n) is 7.51. The number of hydrogen-bond donors (Lipinski definition) is 0. The van der Waals surface area contributed by atoms with Crippen molar-refractivity contribution in [3.63, 3.8) is 0 Å². The van der Waals surface area contributed by atoms with E-state index >= 15 is 0 Å². The fourth-order valence-electron chi connectivity index (χ4n) is 3.94. The van der Waals surface area contributed by atoms with Gasteiger partial charge in [0.2, 0.25) is 0 Å². The van der Waals surface area contributed by atoms with Gasteiger partial charge in [0, 0.05) is 0 Å². The third-order valence-electron chi connectivity index (χ3n) is 5.42. The average molecular weight is 414 g/mol. The molecule has 0 N–H and O–H groups in total. The highest BCUT2D eigenvalue weighted by molar-refractivity contribution is 7.79. The molecule has 0 atom stereocenters. The summed E-state index contributed by atoms with van der Waals surface area (Å²) in [4.78, 5) is 0. The van der Waals surface area contributed by atoms with Crippen molar-refractivity contribution in [3.8, 4) is 22.3 Å². The molecule has 0 aliphatic carbocycles. The van der Waals surface area contributed by atoms with Gasteiger partial charge in [-0.2, -0.15) is 0 Å². The minimum absolute atomic E-state index is 0.659. The Hall–Kier alpha value is -3.47. The molecule has 0 unspecified atom stereocenters. The first-order chi connectivity index (χ1) is 15.4. The van der Waals surface area contributed by atoms with Crippen molar-refractivity contribution < 1.29 is 0 Å². The summed E-state index contributed by atoms with van der Waals surface area (Å²) < 4.78 is 0. The molecule has 0 amide bonds. The lowest BCUT2D eigenvalue weighted by Gasteiger charge is -2.21. The Bertz CT molecular complexity index is 1150. The van der Waals surface area contributed by atoms with Gasteiger partial charge in [-0.3, -0.25) is 0 Å². The highest BCUT2D eigenvalue weighted by Gasteiger charge is 2.18. The monoisotopic (exact) mass is 414 g/mol. The van der Waals surface area contributed by atoms with Gasteiger partial charge in [0.1, 0.15) is 0 Å². The highest BCUT2D eigenvalue weighted by atomic mass is 31.1. The molecule has 1 heteroatoms. The SMILES string of the molecule is c1ccc(-c2cc(-c3ccccc3)cc(P(c3ccccc3)c3ccccc3)c2)cc1. The van der Waals surface area contributed by atoms with Crippen molar-refractivity contribution in [1.29, 1.82) is 0 Å². The van der Waals surface area contributed by atoms with Crippen molar-refractivity contribution in [1.82, 2.24) is 0 Å². The van der Waals surface area contributed by atoms with Gasteiger partial charge < -0.3 is 0 Å². The molecule has 0 fully saturated rings. The molecule has 0 radical (unpaired) electrons. The standard InChI is InChI=1S/C30H23P/c1-5-13-24(14-6-1)26-21-27(25-15-7-2-8-16-25)23-30(22-26)31(28-17-9-3-10-18-28)29-19-11-4-12-20-29/h1-23H. The van der Waals surface area contributed by atoms with E-state index in [9.17, 15) is 0 Å². The maximum Gasteiger partial charge on any atom is -0.0134 e. The Kier molecular flexibility index (Phi) is 5.74. The maximum atomic E-state index is 2.38. The van der Waals surface area contributed by atoms with Crippen molar-refractivity contribution in [2.24, 2.45) is 0 Å². The van der Waals surface area contributed by atoms with Crippen LogP contribution in [-0.2, 0) is 0 Å². The van der Waals surface area contributed by atoms with Crippen LogP contribution in [0.2, 0.25) is 0 Å². The van der Waals surface area contributed by atoms with Crippen LogP contribution in [-0.4, -0.2) is 0 Å². The Morgan fingerprint density at radius 2 is 0.645 bits per heavy atom. The summed E-state index contributed by atoms with van der Waals surface area (Å²) in [6.45, 7) is 0. The van der Waals surface area contributed by atoms with Crippen LogP contribution < -0.4 is 15.9 Å². The number of hydrogen-bond acceptors (Lipinski definition) is 0. The number of benzene rings is 5. The molecular formula is C30H23P. The molecule has 31 heavy (non-hydrogen) atoms. The highest BCUT2D eigenvalue weighted by Crippen LogP contribution is 2.36. The molecule has 0 nitrogen and oxygen atoms in total. The van der Waals surface area contributed by atoms with Crippen LogP contribution in [0.25, 0.3) is 22.3 Å². The van der Waals surface area contributed by atoms with Crippen LogP contribution in [0.15, 0.2) is 140 Å². The van der Waals surface area contributed by atoms with E-state index < -0.39 is 7.92 Å². The van der Waals surface area contributed by atoms with Crippen molar-refractivity contribution in [2.45, 2.75) is 0 Å². The molecule has 0 heterocycles. The normalized spacial score (nSPS) is 10.9. The lowest BCUT2D eigenvalue weighted by atomic mass is 9.99. The van der Waals surface area contributed by atoms with E-state index in [1.807, 2.05) is 0 Å². The minimum Gasteiger partial charge on any atom is -0.0622 e. The van der Waals surface area contributed by atoms with E-state index in [-0.39, 0.29) is 0 Å². The maximum absolute atomic E-state index is 2.38. The predicted molar refractivity (Wildman–Crippen MR) is 136 cm³/mol.